The molecule has 0 spiro atoms. The van der Waals surface area contributed by atoms with Crippen molar-refractivity contribution < 1.29 is 17.9 Å². The Morgan fingerprint density at radius 2 is 2.23 bits per heavy atom. The SMILES string of the molecule is O=C(CS(=O)(=O)c1nc2ccccc2[nH]1)NCC1CCCO1. The van der Waals surface area contributed by atoms with Crippen LogP contribution in [0.15, 0.2) is 29.4 Å². The second kappa shape index (κ2) is 6.05. The van der Waals surface area contributed by atoms with Crippen molar-refractivity contribution in [3.05, 3.63) is 24.3 Å². The first kappa shape index (κ1) is 15.0. The minimum atomic E-state index is -3.79. The van der Waals surface area contributed by atoms with Crippen molar-refractivity contribution in [3.63, 3.8) is 0 Å². The molecule has 0 aliphatic carbocycles. The number of rotatable bonds is 5. The monoisotopic (exact) mass is 323 g/mol. The molecular formula is C14H17N3O4S. The smallest absolute Gasteiger partial charge is 0.235 e. The number of hydrogen-bond donors (Lipinski definition) is 2. The van der Waals surface area contributed by atoms with Crippen LogP contribution in [-0.2, 0) is 19.4 Å². The van der Waals surface area contributed by atoms with Crippen LogP contribution in [0.2, 0.25) is 0 Å². The Kier molecular flexibility index (Phi) is 4.12. The van der Waals surface area contributed by atoms with Gasteiger partial charge in [0.2, 0.25) is 20.9 Å². The first-order valence-electron chi connectivity index (χ1n) is 7.10. The second-order valence-electron chi connectivity index (χ2n) is 5.26. The number of amides is 1. The summed E-state index contributed by atoms with van der Waals surface area (Å²) in [7, 11) is -3.79. The van der Waals surface area contributed by atoms with Gasteiger partial charge in [-0.25, -0.2) is 13.4 Å². The van der Waals surface area contributed by atoms with Gasteiger partial charge < -0.3 is 15.0 Å². The van der Waals surface area contributed by atoms with Gasteiger partial charge >= 0.3 is 0 Å². The normalized spacial score (nSPS) is 18.6. The number of ether oxygens (including phenoxy) is 1. The number of carbonyl (C=O) groups is 1. The number of carbonyl (C=O) groups excluding carboxylic acids is 1. The number of H-pyrrole nitrogens is 1. The first-order chi connectivity index (χ1) is 10.5. The maximum absolute atomic E-state index is 12.2. The van der Waals surface area contributed by atoms with Gasteiger partial charge in [0.15, 0.2) is 0 Å². The minimum absolute atomic E-state index is 0.0159. The van der Waals surface area contributed by atoms with E-state index in [1.165, 1.54) is 0 Å². The Bertz CT molecular complexity index is 745. The van der Waals surface area contributed by atoms with Gasteiger partial charge in [0.25, 0.3) is 0 Å². The summed E-state index contributed by atoms with van der Waals surface area (Å²) < 4.78 is 29.8. The number of nitrogens with zero attached hydrogens (tertiary/aromatic N) is 1. The van der Waals surface area contributed by atoms with Crippen LogP contribution in [0.25, 0.3) is 11.0 Å². The lowest BCUT2D eigenvalue weighted by Gasteiger charge is -2.10. The van der Waals surface area contributed by atoms with Gasteiger partial charge in [0.05, 0.1) is 17.1 Å². The van der Waals surface area contributed by atoms with Gasteiger partial charge in [-0.15, -0.1) is 0 Å². The molecule has 1 fully saturated rings. The highest BCUT2D eigenvalue weighted by atomic mass is 32.2. The number of para-hydroxylation sites is 2. The van der Waals surface area contributed by atoms with Crippen molar-refractivity contribution in [2.24, 2.45) is 0 Å². The zero-order chi connectivity index (χ0) is 15.6. The van der Waals surface area contributed by atoms with Crippen molar-refractivity contribution in [2.75, 3.05) is 18.9 Å². The third-order valence-electron chi connectivity index (χ3n) is 3.53. The standard InChI is InChI=1S/C14H17N3O4S/c18-13(15-8-10-4-3-7-21-10)9-22(19,20)14-16-11-5-1-2-6-12(11)17-14/h1-2,5-6,10H,3-4,7-9H2,(H,15,18)(H,16,17). The lowest BCUT2D eigenvalue weighted by atomic mass is 10.2. The maximum atomic E-state index is 12.2. The third-order valence-corrected chi connectivity index (χ3v) is 4.96. The molecule has 1 unspecified atom stereocenters. The van der Waals surface area contributed by atoms with Crippen molar-refractivity contribution in [1.29, 1.82) is 0 Å². The lowest BCUT2D eigenvalue weighted by Crippen LogP contribution is -2.36. The van der Waals surface area contributed by atoms with Gasteiger partial charge in [0.1, 0.15) is 5.75 Å². The van der Waals surface area contributed by atoms with E-state index in [1.807, 2.05) is 0 Å². The Labute approximate surface area is 128 Å². The van der Waals surface area contributed by atoms with Crippen LogP contribution < -0.4 is 5.32 Å². The van der Waals surface area contributed by atoms with E-state index in [2.05, 4.69) is 15.3 Å². The molecule has 7 nitrogen and oxygen atoms in total. The number of nitrogens with one attached hydrogen (secondary N) is 2. The number of aromatic amines is 1. The topological polar surface area (TPSA) is 101 Å². The first-order valence-corrected chi connectivity index (χ1v) is 8.76. The Balaban J connectivity index is 1.65. The van der Waals surface area contributed by atoms with E-state index >= 15 is 0 Å². The summed E-state index contributed by atoms with van der Waals surface area (Å²) in [4.78, 5) is 18.6. The van der Waals surface area contributed by atoms with Crippen LogP contribution in [0.4, 0.5) is 0 Å². The molecule has 1 aliphatic heterocycles. The van der Waals surface area contributed by atoms with Crippen LogP contribution in [-0.4, -0.2) is 49.3 Å². The summed E-state index contributed by atoms with van der Waals surface area (Å²) in [6.45, 7) is 1.03. The number of hydrogen-bond acceptors (Lipinski definition) is 5. The quantitative estimate of drug-likeness (QED) is 0.840. The van der Waals surface area contributed by atoms with Crippen LogP contribution >= 0.6 is 0 Å². The van der Waals surface area contributed by atoms with E-state index in [9.17, 15) is 13.2 Å². The number of aromatic nitrogens is 2. The van der Waals surface area contributed by atoms with E-state index in [4.69, 9.17) is 4.74 Å². The molecule has 1 amide bonds. The summed E-state index contributed by atoms with van der Waals surface area (Å²) in [5.41, 5.74) is 1.18. The molecule has 1 aromatic carbocycles. The molecule has 22 heavy (non-hydrogen) atoms. The molecular weight excluding hydrogens is 306 g/mol. The molecule has 1 atom stereocenters. The Hall–Kier alpha value is -1.93. The predicted molar refractivity (Wildman–Crippen MR) is 80.1 cm³/mol. The zero-order valence-electron chi connectivity index (χ0n) is 11.9. The number of fused-ring (bicyclic) bond motifs is 1. The van der Waals surface area contributed by atoms with E-state index in [1.54, 1.807) is 24.3 Å². The molecule has 2 N–H and O–H groups in total. The summed E-state index contributed by atoms with van der Waals surface area (Å²) in [6.07, 6.45) is 1.84. The molecule has 0 radical (unpaired) electrons. The van der Waals surface area contributed by atoms with E-state index < -0.39 is 21.5 Å². The fraction of sp³-hybridized carbons (Fsp3) is 0.429. The minimum Gasteiger partial charge on any atom is -0.376 e. The predicted octanol–water partition coefficient (Wildman–Crippen LogP) is 0.632. The third kappa shape index (κ3) is 3.28. The lowest BCUT2D eigenvalue weighted by molar-refractivity contribution is -0.119. The highest BCUT2D eigenvalue weighted by Gasteiger charge is 2.24. The maximum Gasteiger partial charge on any atom is 0.235 e. The highest BCUT2D eigenvalue weighted by molar-refractivity contribution is 7.91. The second-order valence-corrected chi connectivity index (χ2v) is 7.16. The van der Waals surface area contributed by atoms with Gasteiger partial charge in [-0.2, -0.15) is 0 Å². The van der Waals surface area contributed by atoms with Gasteiger partial charge in [-0.3, -0.25) is 4.79 Å². The van der Waals surface area contributed by atoms with E-state index in [0.717, 1.165) is 12.8 Å². The molecule has 0 saturated carbocycles. The average molecular weight is 323 g/mol. The fourth-order valence-electron chi connectivity index (χ4n) is 2.40. The molecule has 1 saturated heterocycles. The van der Waals surface area contributed by atoms with Crippen LogP contribution in [0.1, 0.15) is 12.8 Å². The van der Waals surface area contributed by atoms with Crippen molar-refractivity contribution in [3.8, 4) is 0 Å². The number of imidazole rings is 1. The molecule has 8 heteroatoms. The fourth-order valence-corrected chi connectivity index (χ4v) is 3.49. The summed E-state index contributed by atoms with van der Waals surface area (Å²) in [6, 6.07) is 7.00. The molecule has 2 heterocycles. The van der Waals surface area contributed by atoms with Gasteiger partial charge in [-0.1, -0.05) is 12.1 Å². The summed E-state index contributed by atoms with van der Waals surface area (Å²) in [5.74, 6) is -1.17. The zero-order valence-corrected chi connectivity index (χ0v) is 12.7. The average Bonchev–Trinajstić information content (AvgIpc) is 3.14. The molecule has 0 bridgehead atoms. The number of benzene rings is 1. The van der Waals surface area contributed by atoms with Crippen LogP contribution in [0.5, 0.6) is 0 Å². The van der Waals surface area contributed by atoms with E-state index in [-0.39, 0.29) is 11.3 Å². The van der Waals surface area contributed by atoms with Crippen molar-refractivity contribution in [1.82, 2.24) is 15.3 Å². The molecule has 118 valence electrons. The summed E-state index contributed by atoms with van der Waals surface area (Å²) in [5, 5.41) is 2.42. The Morgan fingerprint density at radius 1 is 1.41 bits per heavy atom. The van der Waals surface area contributed by atoms with Gasteiger partial charge in [-0.05, 0) is 25.0 Å². The van der Waals surface area contributed by atoms with Crippen molar-refractivity contribution >= 4 is 26.8 Å². The molecule has 1 aromatic heterocycles. The molecule has 2 aromatic rings. The number of sulfone groups is 1. The Morgan fingerprint density at radius 3 is 2.95 bits per heavy atom. The van der Waals surface area contributed by atoms with E-state index in [0.29, 0.717) is 24.2 Å². The molecule has 1 aliphatic rings. The molecule has 3 rings (SSSR count). The van der Waals surface area contributed by atoms with Crippen LogP contribution in [0, 0.1) is 0 Å². The summed E-state index contributed by atoms with van der Waals surface area (Å²) >= 11 is 0. The largest absolute Gasteiger partial charge is 0.376 e. The van der Waals surface area contributed by atoms with Gasteiger partial charge in [0, 0.05) is 13.2 Å². The van der Waals surface area contributed by atoms with Crippen molar-refractivity contribution in [2.45, 2.75) is 24.1 Å². The van der Waals surface area contributed by atoms with Crippen LogP contribution in [0.3, 0.4) is 0 Å². The highest BCUT2D eigenvalue weighted by Crippen LogP contribution is 2.15.